The Balaban J connectivity index is 2.03. The van der Waals surface area contributed by atoms with Crippen LogP contribution in [0.25, 0.3) is 21.5 Å². The molecule has 0 spiro atoms. The number of aryl methyl sites for hydroxylation is 6. The first-order valence-electron chi connectivity index (χ1n) is 13.1. The summed E-state index contributed by atoms with van der Waals surface area (Å²) in [6.45, 7) is 18.5. The number of pyridine rings is 2. The van der Waals surface area contributed by atoms with E-state index >= 15 is 0 Å². The van der Waals surface area contributed by atoms with Crippen molar-refractivity contribution in [2.24, 2.45) is 0 Å². The first-order valence-corrected chi connectivity index (χ1v) is 16.1. The smallest absolute Gasteiger partial charge is 0.115 e. The summed E-state index contributed by atoms with van der Waals surface area (Å²) < 4.78 is 0. The maximum Gasteiger partial charge on any atom is 0.115 e. The molecule has 4 aromatic rings. The average molecular weight is 501 g/mol. The minimum absolute atomic E-state index is 1.23. The van der Waals surface area contributed by atoms with E-state index in [1.165, 1.54) is 77.2 Å². The van der Waals surface area contributed by atoms with Crippen LogP contribution in [0.2, 0.25) is 13.1 Å². The molecule has 0 unspecified atom stereocenters. The number of aromatic nitrogens is 2. The van der Waals surface area contributed by atoms with Gasteiger partial charge in [-0.1, -0.05) is 60.6 Å². The summed E-state index contributed by atoms with van der Waals surface area (Å²) in [5, 5.41) is 2.92. The minimum Gasteiger partial charge on any atom is -0.264 e. The summed E-state index contributed by atoms with van der Waals surface area (Å²) in [6, 6.07) is 18.0. The zero-order valence-electron chi connectivity index (χ0n) is 23.3. The maximum absolute atomic E-state index is 4.58. The van der Waals surface area contributed by atoms with Crippen LogP contribution in [0.1, 0.15) is 55.6 Å². The molecule has 0 N–H and O–H groups in total. The molecule has 0 fully saturated rings. The second kappa shape index (κ2) is 9.39. The molecular weight excluding hydrogens is 464 g/mol. The van der Waals surface area contributed by atoms with Gasteiger partial charge in [-0.2, -0.15) is 0 Å². The molecule has 0 aliphatic carbocycles. The molecule has 1 aliphatic rings. The van der Waals surface area contributed by atoms with Gasteiger partial charge in [0.15, 0.2) is 0 Å². The van der Waals surface area contributed by atoms with Crippen molar-refractivity contribution in [1.82, 2.24) is 9.97 Å². The van der Waals surface area contributed by atoms with Gasteiger partial charge in [0.25, 0.3) is 0 Å². The number of allylic oxidation sites excluding steroid dienone is 2. The zero-order chi connectivity index (χ0) is 26.5. The molecule has 5 rings (SSSR count). The molecule has 2 aromatic heterocycles. The molecule has 2 aromatic carbocycles. The monoisotopic (exact) mass is 500 g/mol. The third-order valence-electron chi connectivity index (χ3n) is 7.75. The van der Waals surface area contributed by atoms with Crippen LogP contribution >= 0.6 is 0 Å². The molecule has 0 atom stereocenters. The van der Waals surface area contributed by atoms with Gasteiger partial charge in [0.05, 0.1) is 0 Å². The summed E-state index contributed by atoms with van der Waals surface area (Å²) in [7, 11) is -2.21. The van der Waals surface area contributed by atoms with E-state index in [0.29, 0.717) is 0 Å². The van der Waals surface area contributed by atoms with E-state index < -0.39 is 8.07 Å². The fourth-order valence-electron chi connectivity index (χ4n) is 6.68. The first kappa shape index (κ1) is 25.1. The highest BCUT2D eigenvalue weighted by molar-refractivity contribution is 7.13. The van der Waals surface area contributed by atoms with Gasteiger partial charge in [0.2, 0.25) is 0 Å². The molecule has 37 heavy (non-hydrogen) atoms. The van der Waals surface area contributed by atoms with Crippen molar-refractivity contribution in [2.75, 3.05) is 0 Å². The van der Waals surface area contributed by atoms with E-state index in [0.717, 1.165) is 0 Å². The topological polar surface area (TPSA) is 25.8 Å². The molecule has 1 aliphatic heterocycles. The van der Waals surface area contributed by atoms with Gasteiger partial charge in [-0.05, 0) is 120 Å². The second-order valence-electron chi connectivity index (χ2n) is 11.2. The van der Waals surface area contributed by atoms with Crippen molar-refractivity contribution in [2.45, 2.75) is 54.6 Å². The van der Waals surface area contributed by atoms with Gasteiger partial charge in [0, 0.05) is 24.8 Å². The normalized spacial score (nSPS) is 15.0. The van der Waals surface area contributed by atoms with Crippen LogP contribution in [0.4, 0.5) is 0 Å². The Bertz CT molecular complexity index is 1410. The Morgan fingerprint density at radius 1 is 0.541 bits per heavy atom. The quantitative estimate of drug-likeness (QED) is 0.262. The minimum atomic E-state index is -2.21. The number of hydrogen-bond acceptors (Lipinski definition) is 2. The van der Waals surface area contributed by atoms with Crippen molar-refractivity contribution in [1.29, 1.82) is 0 Å². The van der Waals surface area contributed by atoms with Crippen LogP contribution in [-0.4, -0.2) is 18.0 Å². The highest BCUT2D eigenvalue weighted by atomic mass is 28.3. The average Bonchev–Trinajstić information content (AvgIpc) is 3.05. The standard InChI is InChI=1S/C34H36N2Si/c1-21-15-23(3)29(24(4)16-21)31-32(30-25(5)17-22(2)18-26(30)6)34(28-12-10-14-36-20-28)37(7,8)33(31)27-11-9-13-35-19-27/h9-20H,1-8H3. The zero-order valence-corrected chi connectivity index (χ0v) is 24.3. The third kappa shape index (κ3) is 4.21. The lowest BCUT2D eigenvalue weighted by Gasteiger charge is -2.26. The summed E-state index contributed by atoms with van der Waals surface area (Å²) in [5.41, 5.74) is 15.8. The van der Waals surface area contributed by atoms with Crippen LogP contribution in [-0.2, 0) is 0 Å². The molecule has 0 saturated heterocycles. The third-order valence-corrected chi connectivity index (χ3v) is 11.3. The highest BCUT2D eigenvalue weighted by Gasteiger charge is 2.45. The lowest BCUT2D eigenvalue weighted by atomic mass is 9.82. The molecular formula is C34H36N2Si. The Morgan fingerprint density at radius 3 is 1.19 bits per heavy atom. The van der Waals surface area contributed by atoms with Crippen LogP contribution < -0.4 is 0 Å². The number of nitrogens with zero attached hydrogens (tertiary/aromatic N) is 2. The summed E-state index contributed by atoms with van der Waals surface area (Å²) in [4.78, 5) is 9.16. The van der Waals surface area contributed by atoms with Gasteiger partial charge in [-0.25, -0.2) is 0 Å². The Hall–Kier alpha value is -3.56. The Morgan fingerprint density at radius 2 is 0.892 bits per heavy atom. The Kier molecular flexibility index (Phi) is 6.37. The number of rotatable bonds is 4. The Labute approximate surface area is 222 Å². The predicted octanol–water partition coefficient (Wildman–Crippen LogP) is 8.65. The molecule has 3 heteroatoms. The van der Waals surface area contributed by atoms with E-state index in [1.54, 1.807) is 0 Å². The second-order valence-corrected chi connectivity index (χ2v) is 15.4. The predicted molar refractivity (Wildman–Crippen MR) is 161 cm³/mol. The molecule has 0 amide bonds. The molecule has 2 nitrogen and oxygen atoms in total. The molecule has 3 heterocycles. The van der Waals surface area contributed by atoms with Crippen molar-refractivity contribution in [3.63, 3.8) is 0 Å². The molecule has 0 radical (unpaired) electrons. The summed E-state index contributed by atoms with van der Waals surface area (Å²) >= 11 is 0. The van der Waals surface area contributed by atoms with Crippen molar-refractivity contribution in [3.8, 4) is 0 Å². The van der Waals surface area contributed by atoms with Crippen molar-refractivity contribution >= 4 is 29.6 Å². The largest absolute Gasteiger partial charge is 0.264 e. The maximum atomic E-state index is 4.58. The van der Waals surface area contributed by atoms with Gasteiger partial charge in [0.1, 0.15) is 8.07 Å². The highest BCUT2D eigenvalue weighted by Crippen LogP contribution is 2.57. The fraction of sp³-hybridized carbons (Fsp3) is 0.235. The van der Waals surface area contributed by atoms with E-state index in [4.69, 9.17) is 0 Å². The summed E-state index contributed by atoms with van der Waals surface area (Å²) in [5.74, 6) is 0. The number of hydrogen-bond donors (Lipinski definition) is 0. The molecule has 0 saturated carbocycles. The van der Waals surface area contributed by atoms with E-state index in [2.05, 4.69) is 126 Å². The van der Waals surface area contributed by atoms with Crippen molar-refractivity contribution < 1.29 is 0 Å². The summed E-state index contributed by atoms with van der Waals surface area (Å²) in [6.07, 6.45) is 7.86. The van der Waals surface area contributed by atoms with Crippen LogP contribution in [0.3, 0.4) is 0 Å². The lowest BCUT2D eigenvalue weighted by molar-refractivity contribution is 1.27. The van der Waals surface area contributed by atoms with Gasteiger partial charge in [-0.3, -0.25) is 9.97 Å². The van der Waals surface area contributed by atoms with E-state index in [9.17, 15) is 0 Å². The van der Waals surface area contributed by atoms with E-state index in [-0.39, 0.29) is 0 Å². The molecule has 186 valence electrons. The number of benzene rings is 2. The van der Waals surface area contributed by atoms with Gasteiger partial charge >= 0.3 is 0 Å². The van der Waals surface area contributed by atoms with Crippen molar-refractivity contribution in [3.05, 3.63) is 129 Å². The lowest BCUT2D eigenvalue weighted by Crippen LogP contribution is -2.28. The van der Waals surface area contributed by atoms with Crippen LogP contribution in [0, 0.1) is 41.5 Å². The SMILES string of the molecule is Cc1cc(C)c(C2=C(c3cccnc3)[Si](C)(C)C(c3cccnc3)=C2c2c(C)cc(C)cc2C)c(C)c1. The van der Waals surface area contributed by atoms with Gasteiger partial charge in [-0.15, -0.1) is 0 Å². The van der Waals surface area contributed by atoms with Crippen LogP contribution in [0.15, 0.2) is 73.3 Å². The fourth-order valence-corrected chi connectivity index (χ4v) is 10.4. The van der Waals surface area contributed by atoms with Gasteiger partial charge < -0.3 is 0 Å². The van der Waals surface area contributed by atoms with Crippen LogP contribution in [0.5, 0.6) is 0 Å². The molecule has 0 bridgehead atoms. The first-order chi connectivity index (χ1) is 17.6. The van der Waals surface area contributed by atoms with E-state index in [1.807, 2.05) is 12.4 Å².